The van der Waals surface area contributed by atoms with Gasteiger partial charge in [-0.15, -0.1) is 5.10 Å². The quantitative estimate of drug-likeness (QED) is 0.687. The average molecular weight is 334 g/mol. The molecule has 2 aliphatic rings. The number of fused-ring (bicyclic) bond motifs is 2. The second-order valence-corrected chi connectivity index (χ2v) is 6.66. The van der Waals surface area contributed by atoms with Crippen LogP contribution in [0, 0.1) is 5.92 Å². The standard InChI is InChI=1S/C17H14N6S/c1-22-16-8-14(11-6-7-24-10-11)18-9-12(16)17(20-22)23-15-5-3-2-4-13(15)19-21-23/h2-10,12,16H,1H3. The van der Waals surface area contributed by atoms with E-state index in [0.29, 0.717) is 0 Å². The molecule has 0 fully saturated rings. The van der Waals surface area contributed by atoms with Gasteiger partial charge < -0.3 is 0 Å². The molecule has 0 spiro atoms. The molecule has 118 valence electrons. The Bertz CT molecular complexity index is 997. The number of hydrogen-bond acceptors (Lipinski definition) is 6. The van der Waals surface area contributed by atoms with Crippen molar-refractivity contribution in [2.75, 3.05) is 7.05 Å². The maximum absolute atomic E-state index is 4.72. The fraction of sp³-hybridized carbons (Fsp3) is 0.176. The summed E-state index contributed by atoms with van der Waals surface area (Å²) in [6, 6.07) is 10.2. The molecule has 6 nitrogen and oxygen atoms in total. The Morgan fingerprint density at radius 2 is 2.08 bits per heavy atom. The number of hydrogen-bond donors (Lipinski definition) is 0. The number of thiophene rings is 1. The van der Waals surface area contributed by atoms with Gasteiger partial charge in [-0.1, -0.05) is 17.3 Å². The predicted molar refractivity (Wildman–Crippen MR) is 96.2 cm³/mol. The van der Waals surface area contributed by atoms with Gasteiger partial charge in [0.25, 0.3) is 0 Å². The summed E-state index contributed by atoms with van der Waals surface area (Å²) in [6.07, 6.45) is 4.17. The highest BCUT2D eigenvalue weighted by Gasteiger charge is 2.37. The summed E-state index contributed by atoms with van der Waals surface area (Å²) in [7, 11) is 1.99. The number of hydrazone groups is 1. The molecule has 1 aromatic carbocycles. The molecule has 3 aromatic rings. The van der Waals surface area contributed by atoms with Crippen molar-refractivity contribution in [2.45, 2.75) is 6.04 Å². The van der Waals surface area contributed by atoms with Crippen molar-refractivity contribution >= 4 is 40.1 Å². The lowest BCUT2D eigenvalue weighted by Gasteiger charge is -2.23. The summed E-state index contributed by atoms with van der Waals surface area (Å²) >= 11 is 1.68. The molecule has 0 radical (unpaired) electrons. The van der Waals surface area contributed by atoms with Crippen LogP contribution in [0.3, 0.4) is 0 Å². The van der Waals surface area contributed by atoms with E-state index < -0.39 is 0 Å². The van der Waals surface area contributed by atoms with Crippen LogP contribution in [0.4, 0.5) is 0 Å². The zero-order chi connectivity index (χ0) is 16.1. The molecule has 2 aromatic heterocycles. The molecule has 2 aliphatic heterocycles. The smallest absolute Gasteiger partial charge is 0.163 e. The topological polar surface area (TPSA) is 58.7 Å². The van der Waals surface area contributed by atoms with Crippen molar-refractivity contribution in [3.63, 3.8) is 0 Å². The van der Waals surface area contributed by atoms with E-state index in [2.05, 4.69) is 38.2 Å². The minimum atomic E-state index is 0.0718. The highest BCUT2D eigenvalue weighted by atomic mass is 32.1. The number of nitrogens with zero attached hydrogens (tertiary/aromatic N) is 6. The normalized spacial score (nSPS) is 22.6. The summed E-state index contributed by atoms with van der Waals surface area (Å²) in [6.45, 7) is 0. The molecule has 2 atom stereocenters. The van der Waals surface area contributed by atoms with E-state index in [1.807, 2.05) is 47.2 Å². The molecule has 0 saturated heterocycles. The van der Waals surface area contributed by atoms with E-state index in [1.54, 1.807) is 11.3 Å². The van der Waals surface area contributed by atoms with Gasteiger partial charge in [0, 0.05) is 24.2 Å². The fourth-order valence-corrected chi connectivity index (χ4v) is 3.86. The van der Waals surface area contributed by atoms with Gasteiger partial charge in [-0.2, -0.15) is 21.1 Å². The predicted octanol–water partition coefficient (Wildman–Crippen LogP) is 2.71. The molecule has 0 saturated carbocycles. The number of rotatable bonds is 1. The highest BCUT2D eigenvalue weighted by molar-refractivity contribution is 7.08. The minimum absolute atomic E-state index is 0.0718. The maximum Gasteiger partial charge on any atom is 0.163 e. The molecule has 0 aliphatic carbocycles. The Morgan fingerprint density at radius 1 is 1.17 bits per heavy atom. The Morgan fingerprint density at radius 3 is 2.96 bits per heavy atom. The molecule has 0 bridgehead atoms. The van der Waals surface area contributed by atoms with Crippen LogP contribution in [0.5, 0.6) is 0 Å². The van der Waals surface area contributed by atoms with E-state index in [9.17, 15) is 0 Å². The number of aromatic nitrogens is 3. The molecular weight excluding hydrogens is 320 g/mol. The first-order valence-electron chi connectivity index (χ1n) is 7.72. The van der Waals surface area contributed by atoms with Gasteiger partial charge in [-0.3, -0.25) is 10.0 Å². The van der Waals surface area contributed by atoms with Gasteiger partial charge in [-0.25, -0.2) is 0 Å². The molecular formula is C17H14N6S. The third-order valence-electron chi connectivity index (χ3n) is 4.45. The van der Waals surface area contributed by atoms with E-state index in [4.69, 9.17) is 5.10 Å². The van der Waals surface area contributed by atoms with Gasteiger partial charge in [0.1, 0.15) is 5.52 Å². The molecule has 24 heavy (non-hydrogen) atoms. The third-order valence-corrected chi connectivity index (χ3v) is 5.13. The summed E-state index contributed by atoms with van der Waals surface area (Å²) in [5.74, 6) is 0.933. The van der Waals surface area contributed by atoms with Gasteiger partial charge >= 0.3 is 0 Å². The van der Waals surface area contributed by atoms with Crippen LogP contribution >= 0.6 is 11.3 Å². The minimum Gasteiger partial charge on any atom is -0.290 e. The lowest BCUT2D eigenvalue weighted by molar-refractivity contribution is 0.314. The van der Waals surface area contributed by atoms with Crippen LogP contribution < -0.4 is 0 Å². The van der Waals surface area contributed by atoms with Crippen molar-refractivity contribution in [3.8, 4) is 0 Å². The Kier molecular flexibility index (Phi) is 2.90. The monoisotopic (exact) mass is 334 g/mol. The summed E-state index contributed by atoms with van der Waals surface area (Å²) in [5, 5.41) is 19.4. The van der Waals surface area contributed by atoms with Crippen molar-refractivity contribution in [2.24, 2.45) is 16.0 Å². The van der Waals surface area contributed by atoms with Crippen LogP contribution in [0.25, 0.3) is 16.7 Å². The SMILES string of the molecule is CN1N=C(n2nnc3ccccc32)C2C=NC(c3ccsc3)=CC21. The van der Waals surface area contributed by atoms with Crippen molar-refractivity contribution in [1.29, 1.82) is 0 Å². The van der Waals surface area contributed by atoms with Crippen LogP contribution in [0.15, 0.2) is 57.3 Å². The Hall–Kier alpha value is -2.80. The third kappa shape index (κ3) is 1.94. The molecule has 5 rings (SSSR count). The first-order valence-corrected chi connectivity index (χ1v) is 8.66. The molecule has 2 unspecified atom stereocenters. The maximum atomic E-state index is 4.72. The van der Waals surface area contributed by atoms with E-state index in [0.717, 1.165) is 28.1 Å². The first-order chi connectivity index (χ1) is 11.8. The van der Waals surface area contributed by atoms with Crippen LogP contribution in [-0.4, -0.2) is 45.1 Å². The van der Waals surface area contributed by atoms with Crippen LogP contribution in [0.2, 0.25) is 0 Å². The van der Waals surface area contributed by atoms with Crippen molar-refractivity contribution in [1.82, 2.24) is 20.0 Å². The van der Waals surface area contributed by atoms with E-state index in [-0.39, 0.29) is 12.0 Å². The largest absolute Gasteiger partial charge is 0.290 e. The highest BCUT2D eigenvalue weighted by Crippen LogP contribution is 2.31. The van der Waals surface area contributed by atoms with Gasteiger partial charge in [0.05, 0.1) is 23.2 Å². The number of para-hydroxylation sites is 1. The second kappa shape index (κ2) is 5.10. The lowest BCUT2D eigenvalue weighted by Crippen LogP contribution is -2.34. The van der Waals surface area contributed by atoms with Crippen LogP contribution in [-0.2, 0) is 0 Å². The molecule has 0 N–H and O–H groups in total. The fourth-order valence-electron chi connectivity index (χ4n) is 3.21. The Labute approximate surface area is 142 Å². The lowest BCUT2D eigenvalue weighted by atomic mass is 9.96. The summed E-state index contributed by atoms with van der Waals surface area (Å²) in [4.78, 5) is 4.66. The Balaban J connectivity index is 1.55. The van der Waals surface area contributed by atoms with E-state index >= 15 is 0 Å². The zero-order valence-corrected chi connectivity index (χ0v) is 13.8. The molecule has 0 amide bonds. The van der Waals surface area contributed by atoms with Crippen molar-refractivity contribution < 1.29 is 0 Å². The van der Waals surface area contributed by atoms with Gasteiger partial charge in [0.2, 0.25) is 0 Å². The van der Waals surface area contributed by atoms with E-state index in [1.165, 1.54) is 0 Å². The summed E-state index contributed by atoms with van der Waals surface area (Å²) < 4.78 is 1.83. The number of aliphatic imine (C=N–C) groups is 1. The molecule has 7 heteroatoms. The number of likely N-dealkylation sites (N-methyl/N-ethyl adjacent to an activating group) is 1. The van der Waals surface area contributed by atoms with Gasteiger partial charge in [0.15, 0.2) is 5.84 Å². The average Bonchev–Trinajstić information content (AvgIpc) is 3.33. The zero-order valence-electron chi connectivity index (χ0n) is 12.9. The first kappa shape index (κ1) is 13.6. The second-order valence-electron chi connectivity index (χ2n) is 5.88. The summed E-state index contributed by atoms with van der Waals surface area (Å²) in [5.41, 5.74) is 3.99. The van der Waals surface area contributed by atoms with Gasteiger partial charge in [-0.05, 0) is 29.7 Å². The van der Waals surface area contributed by atoms with Crippen LogP contribution in [0.1, 0.15) is 5.56 Å². The molecule has 4 heterocycles. The van der Waals surface area contributed by atoms with Crippen molar-refractivity contribution in [3.05, 3.63) is 52.7 Å². The number of benzene rings is 1.